The Balaban J connectivity index is 1.91. The molecule has 0 radical (unpaired) electrons. The Morgan fingerprint density at radius 1 is 1.06 bits per heavy atom. The summed E-state index contributed by atoms with van der Waals surface area (Å²) in [6.07, 6.45) is 0. The van der Waals surface area contributed by atoms with Gasteiger partial charge in [0.05, 0.1) is 22.7 Å². The van der Waals surface area contributed by atoms with E-state index in [0.717, 1.165) is 11.1 Å². The number of aryl methyl sites for hydroxylation is 1. The van der Waals surface area contributed by atoms with Crippen LogP contribution in [0.25, 0.3) is 22.3 Å². The zero-order chi connectivity index (χ0) is 22.1. The molecule has 31 heavy (non-hydrogen) atoms. The van der Waals surface area contributed by atoms with Crippen LogP contribution in [0.5, 0.6) is 0 Å². The Labute approximate surface area is 179 Å². The number of nitrogens with one attached hydrogen (secondary N) is 1. The average Bonchev–Trinajstić information content (AvgIpc) is 2.76. The van der Waals surface area contributed by atoms with Gasteiger partial charge >= 0.3 is 0 Å². The van der Waals surface area contributed by atoms with E-state index < -0.39 is 5.82 Å². The van der Waals surface area contributed by atoms with Crippen molar-refractivity contribution in [1.29, 1.82) is 5.26 Å². The van der Waals surface area contributed by atoms with Crippen molar-refractivity contribution in [2.24, 2.45) is 0 Å². The predicted octanol–water partition coefficient (Wildman–Crippen LogP) is 6.26. The summed E-state index contributed by atoms with van der Waals surface area (Å²) in [7, 11) is 0. The van der Waals surface area contributed by atoms with E-state index in [1.54, 1.807) is 25.1 Å². The van der Waals surface area contributed by atoms with Crippen LogP contribution >= 0.6 is 0 Å². The Kier molecular flexibility index (Phi) is 5.31. The zero-order valence-electron chi connectivity index (χ0n) is 17.5. The molecule has 4 aromatic rings. The van der Waals surface area contributed by atoms with E-state index in [1.165, 1.54) is 12.1 Å². The van der Waals surface area contributed by atoms with Crippen LogP contribution in [0.15, 0.2) is 69.9 Å². The number of rotatable bonds is 4. The van der Waals surface area contributed by atoms with Gasteiger partial charge in [0, 0.05) is 16.7 Å². The van der Waals surface area contributed by atoms with Crippen molar-refractivity contribution in [3.8, 4) is 17.4 Å². The van der Waals surface area contributed by atoms with Gasteiger partial charge in [-0.3, -0.25) is 4.79 Å². The third kappa shape index (κ3) is 3.80. The molecule has 3 aromatic carbocycles. The Morgan fingerprint density at radius 3 is 2.58 bits per heavy atom. The van der Waals surface area contributed by atoms with Gasteiger partial charge in [0.1, 0.15) is 23.2 Å². The number of halogens is 1. The third-order valence-corrected chi connectivity index (χ3v) is 5.36. The van der Waals surface area contributed by atoms with Gasteiger partial charge < -0.3 is 9.73 Å². The van der Waals surface area contributed by atoms with Crippen molar-refractivity contribution in [3.63, 3.8) is 0 Å². The van der Waals surface area contributed by atoms with E-state index >= 15 is 0 Å². The first-order valence-electron chi connectivity index (χ1n) is 9.98. The Bertz CT molecular complexity index is 1400. The van der Waals surface area contributed by atoms with Gasteiger partial charge in [-0.2, -0.15) is 5.26 Å². The van der Waals surface area contributed by atoms with Gasteiger partial charge in [0.2, 0.25) is 0 Å². The van der Waals surface area contributed by atoms with Gasteiger partial charge in [-0.05, 0) is 56.7 Å². The molecule has 1 aromatic heterocycles. The maximum absolute atomic E-state index is 13.8. The van der Waals surface area contributed by atoms with E-state index in [1.807, 2.05) is 44.2 Å². The lowest BCUT2D eigenvalue weighted by Gasteiger charge is -2.19. The van der Waals surface area contributed by atoms with Crippen LogP contribution in [0.2, 0.25) is 0 Å². The van der Waals surface area contributed by atoms with Crippen molar-refractivity contribution in [3.05, 3.63) is 99.0 Å². The Hall–Kier alpha value is -3.91. The molecule has 4 nitrogen and oxygen atoms in total. The molecule has 0 unspecified atom stereocenters. The fourth-order valence-corrected chi connectivity index (χ4v) is 3.81. The lowest BCUT2D eigenvalue weighted by Crippen LogP contribution is -2.13. The number of para-hydroxylation sites is 1. The summed E-state index contributed by atoms with van der Waals surface area (Å²) >= 11 is 0. The largest absolute Gasteiger partial charge is 0.455 e. The maximum Gasteiger partial charge on any atom is 0.196 e. The number of fused-ring (bicyclic) bond motifs is 1. The van der Waals surface area contributed by atoms with Gasteiger partial charge in [0.15, 0.2) is 5.43 Å². The highest BCUT2D eigenvalue weighted by Gasteiger charge is 2.19. The third-order valence-electron chi connectivity index (χ3n) is 5.36. The number of nitrogens with zero attached hydrogens (tertiary/aromatic N) is 1. The minimum atomic E-state index is -0.396. The summed E-state index contributed by atoms with van der Waals surface area (Å²) in [6, 6.07) is 19.0. The second-order valence-electron chi connectivity index (χ2n) is 7.65. The second-order valence-corrected chi connectivity index (χ2v) is 7.65. The summed E-state index contributed by atoms with van der Waals surface area (Å²) < 4.78 is 20.1. The normalized spacial score (nSPS) is 11.8. The van der Waals surface area contributed by atoms with Gasteiger partial charge in [-0.25, -0.2) is 4.39 Å². The summed E-state index contributed by atoms with van der Waals surface area (Å²) in [5, 5.41) is 13.2. The molecule has 0 bridgehead atoms. The number of anilines is 1. The first-order valence-corrected chi connectivity index (χ1v) is 9.98. The molecule has 0 amide bonds. The maximum atomic E-state index is 13.8. The fraction of sp³-hybridized carbons (Fsp3) is 0.154. The molecule has 1 N–H and O–H groups in total. The highest BCUT2D eigenvalue weighted by atomic mass is 19.1. The van der Waals surface area contributed by atoms with Crippen LogP contribution in [0.3, 0.4) is 0 Å². The van der Waals surface area contributed by atoms with E-state index in [9.17, 15) is 14.4 Å². The minimum Gasteiger partial charge on any atom is -0.455 e. The SMILES string of the molecule is Cc1cc([C@@H](C)Nc2ccccc2C#N)c2oc(-c3cccc(F)c3)c(C)c(=O)c2c1. The molecule has 0 spiro atoms. The highest BCUT2D eigenvalue weighted by Crippen LogP contribution is 2.32. The second kappa shape index (κ2) is 8.08. The smallest absolute Gasteiger partial charge is 0.196 e. The number of hydrogen-bond donors (Lipinski definition) is 1. The quantitative estimate of drug-likeness (QED) is 0.430. The molecule has 1 atom stereocenters. The van der Waals surface area contributed by atoms with Crippen molar-refractivity contribution < 1.29 is 8.81 Å². The topological polar surface area (TPSA) is 66.0 Å². The highest BCUT2D eigenvalue weighted by molar-refractivity contribution is 5.84. The zero-order valence-corrected chi connectivity index (χ0v) is 17.5. The molecule has 5 heteroatoms. The van der Waals surface area contributed by atoms with Crippen LogP contribution in [0, 0.1) is 31.0 Å². The predicted molar refractivity (Wildman–Crippen MR) is 121 cm³/mol. The molecule has 4 rings (SSSR count). The minimum absolute atomic E-state index is 0.143. The van der Waals surface area contributed by atoms with E-state index in [-0.39, 0.29) is 11.5 Å². The molecule has 0 aliphatic heterocycles. The van der Waals surface area contributed by atoms with Crippen LogP contribution in [-0.2, 0) is 0 Å². The molecule has 0 saturated carbocycles. The fourth-order valence-electron chi connectivity index (χ4n) is 3.81. The van der Waals surface area contributed by atoms with Crippen molar-refractivity contribution >= 4 is 16.7 Å². The lowest BCUT2D eigenvalue weighted by molar-refractivity contribution is 0.601. The van der Waals surface area contributed by atoms with Crippen LogP contribution in [-0.4, -0.2) is 0 Å². The summed E-state index contributed by atoms with van der Waals surface area (Å²) in [5.41, 5.74) is 4.21. The molecule has 0 aliphatic rings. The molecule has 154 valence electrons. The summed E-state index contributed by atoms with van der Waals surface area (Å²) in [6.45, 7) is 5.57. The van der Waals surface area contributed by atoms with Gasteiger partial charge in [-0.1, -0.05) is 30.3 Å². The van der Waals surface area contributed by atoms with Crippen LogP contribution in [0.4, 0.5) is 10.1 Å². The molecule has 0 aliphatic carbocycles. The lowest BCUT2D eigenvalue weighted by atomic mass is 9.98. The monoisotopic (exact) mass is 412 g/mol. The summed E-state index contributed by atoms with van der Waals surface area (Å²) in [5.74, 6) is -0.0429. The van der Waals surface area contributed by atoms with Crippen molar-refractivity contribution in [2.45, 2.75) is 26.8 Å². The molecule has 1 heterocycles. The van der Waals surface area contributed by atoms with Crippen molar-refractivity contribution in [1.82, 2.24) is 0 Å². The number of benzene rings is 3. The first-order chi connectivity index (χ1) is 14.9. The van der Waals surface area contributed by atoms with E-state index in [2.05, 4.69) is 11.4 Å². The van der Waals surface area contributed by atoms with Gasteiger partial charge in [-0.15, -0.1) is 0 Å². The van der Waals surface area contributed by atoms with Crippen molar-refractivity contribution in [2.75, 3.05) is 5.32 Å². The number of hydrogen-bond acceptors (Lipinski definition) is 4. The van der Waals surface area contributed by atoms with Crippen LogP contribution in [0.1, 0.15) is 35.2 Å². The Morgan fingerprint density at radius 2 is 1.84 bits per heavy atom. The standard InChI is InChI=1S/C26H21FN2O2/c1-15-11-21(17(3)29-23-10-5-4-7-19(23)14-28)26-22(12-15)24(30)16(2)25(31-26)18-8-6-9-20(27)13-18/h4-13,17,29H,1-3H3/t17-/m1/s1. The van der Waals surface area contributed by atoms with Gasteiger partial charge in [0.25, 0.3) is 0 Å². The first kappa shape index (κ1) is 20.4. The number of nitriles is 1. The average molecular weight is 412 g/mol. The van der Waals surface area contributed by atoms with E-state index in [0.29, 0.717) is 39.1 Å². The molecule has 0 fully saturated rings. The van der Waals surface area contributed by atoms with E-state index in [4.69, 9.17) is 4.42 Å². The summed E-state index contributed by atoms with van der Waals surface area (Å²) in [4.78, 5) is 13.2. The molecular formula is C26H21FN2O2. The molecule has 0 saturated heterocycles. The molecular weight excluding hydrogens is 391 g/mol. The van der Waals surface area contributed by atoms with Crippen LogP contribution < -0.4 is 10.7 Å².